The predicted octanol–water partition coefficient (Wildman–Crippen LogP) is -0.320. The van der Waals surface area contributed by atoms with E-state index >= 15 is 0 Å². The van der Waals surface area contributed by atoms with Crippen molar-refractivity contribution in [1.82, 2.24) is 0 Å². The third-order valence-electron chi connectivity index (χ3n) is 0.442. The van der Waals surface area contributed by atoms with Crippen LogP contribution in [-0.4, -0.2) is 17.2 Å². The molecule has 0 saturated carbocycles. The van der Waals surface area contributed by atoms with Crippen molar-refractivity contribution < 1.29 is 19.4 Å². The predicted molar refractivity (Wildman–Crippen MR) is 27.4 cm³/mol. The third-order valence-corrected chi connectivity index (χ3v) is 0.442. The molecule has 9 heavy (non-hydrogen) atoms. The third kappa shape index (κ3) is 3.10. The first kappa shape index (κ1) is 7.48. The molecule has 0 aliphatic heterocycles. The van der Waals surface area contributed by atoms with Crippen LogP contribution in [0.3, 0.4) is 0 Å². The molecule has 0 saturated heterocycles. The second-order valence-corrected chi connectivity index (χ2v) is 1.18. The number of esters is 1. The summed E-state index contributed by atoms with van der Waals surface area (Å²) < 4.78 is 3.56. The van der Waals surface area contributed by atoms with Crippen LogP contribution >= 0.6 is 0 Å². The molecule has 0 fully saturated rings. The summed E-state index contributed by atoms with van der Waals surface area (Å²) in [7, 11) is 0. The van der Waals surface area contributed by atoms with E-state index in [1.165, 1.54) is 0 Å². The van der Waals surface area contributed by atoms with Crippen molar-refractivity contribution in [2.45, 2.75) is 0 Å². The molecule has 5 nitrogen and oxygen atoms in total. The first-order chi connectivity index (χ1) is 4.04. The Balaban J connectivity index is 3.79. The Morgan fingerprint density at radius 3 is 2.11 bits per heavy atom. The van der Waals surface area contributed by atoms with E-state index in [1.54, 1.807) is 0 Å². The molecule has 3 N–H and O–H groups in total. The van der Waals surface area contributed by atoms with Gasteiger partial charge in [-0.15, -0.1) is 0 Å². The standard InChI is InChI=1S/C4H5NO4/c1-2(5)3(6)9-4(7)8/h1,5H2,(H,7,8). The van der Waals surface area contributed by atoms with Crippen LogP contribution in [-0.2, 0) is 9.53 Å². The Bertz CT molecular complexity index is 162. The molecule has 0 amide bonds. The summed E-state index contributed by atoms with van der Waals surface area (Å²) in [5.74, 6) is -1.14. The van der Waals surface area contributed by atoms with Gasteiger partial charge < -0.3 is 15.6 Å². The highest BCUT2D eigenvalue weighted by atomic mass is 16.7. The van der Waals surface area contributed by atoms with Crippen molar-refractivity contribution in [3.8, 4) is 0 Å². The number of carboxylic acid groups (broad SMARTS) is 1. The summed E-state index contributed by atoms with van der Waals surface area (Å²) in [6.07, 6.45) is -1.69. The van der Waals surface area contributed by atoms with Crippen LogP contribution in [0.15, 0.2) is 12.3 Å². The van der Waals surface area contributed by atoms with Crippen LogP contribution in [0.4, 0.5) is 4.79 Å². The van der Waals surface area contributed by atoms with Crippen LogP contribution in [0.1, 0.15) is 0 Å². The molecule has 5 heteroatoms. The second-order valence-electron chi connectivity index (χ2n) is 1.18. The quantitative estimate of drug-likeness (QED) is 0.289. The largest absolute Gasteiger partial charge is 0.513 e. The van der Waals surface area contributed by atoms with Gasteiger partial charge in [0.25, 0.3) is 0 Å². The summed E-state index contributed by atoms with van der Waals surface area (Å²) in [6.45, 7) is 2.95. The maximum Gasteiger partial charge on any atom is 0.513 e. The van der Waals surface area contributed by atoms with Gasteiger partial charge in [0.05, 0.1) is 0 Å². The average molecular weight is 131 g/mol. The van der Waals surface area contributed by atoms with Crippen molar-refractivity contribution in [2.24, 2.45) is 5.73 Å². The molecule has 0 aliphatic rings. The van der Waals surface area contributed by atoms with E-state index in [0.29, 0.717) is 0 Å². The number of hydrogen-bond acceptors (Lipinski definition) is 4. The zero-order valence-corrected chi connectivity index (χ0v) is 4.46. The van der Waals surface area contributed by atoms with E-state index in [2.05, 4.69) is 11.3 Å². The van der Waals surface area contributed by atoms with Gasteiger partial charge in [-0.3, -0.25) is 0 Å². The molecule has 0 rings (SSSR count). The van der Waals surface area contributed by atoms with Gasteiger partial charge in [0.1, 0.15) is 5.70 Å². The Hall–Kier alpha value is -1.52. The van der Waals surface area contributed by atoms with Gasteiger partial charge >= 0.3 is 12.1 Å². The number of nitrogens with two attached hydrogens (primary N) is 1. The number of carbonyl (C=O) groups is 2. The Morgan fingerprint density at radius 2 is 2.00 bits per heavy atom. The summed E-state index contributed by atoms with van der Waals surface area (Å²) in [5, 5.41) is 7.79. The number of rotatable bonds is 1. The summed E-state index contributed by atoms with van der Waals surface area (Å²) in [5.41, 5.74) is 4.32. The molecule has 0 radical (unpaired) electrons. The molecule has 0 aromatic carbocycles. The zero-order valence-electron chi connectivity index (χ0n) is 4.46. The zero-order chi connectivity index (χ0) is 7.44. The topological polar surface area (TPSA) is 89.6 Å². The lowest BCUT2D eigenvalue weighted by Gasteiger charge is -1.93. The van der Waals surface area contributed by atoms with Crippen LogP contribution in [0.2, 0.25) is 0 Å². The van der Waals surface area contributed by atoms with E-state index in [4.69, 9.17) is 10.8 Å². The molecule has 0 heterocycles. The van der Waals surface area contributed by atoms with E-state index in [1.807, 2.05) is 0 Å². The normalized spacial score (nSPS) is 8.00. The summed E-state index contributed by atoms with van der Waals surface area (Å²) >= 11 is 0. The minimum absolute atomic E-state index is 0.433. The molecule has 50 valence electrons. The molecule has 0 aromatic heterocycles. The van der Waals surface area contributed by atoms with Crippen molar-refractivity contribution in [3.63, 3.8) is 0 Å². The first-order valence-corrected chi connectivity index (χ1v) is 1.93. The number of hydrogen-bond donors (Lipinski definition) is 2. The van der Waals surface area contributed by atoms with Gasteiger partial charge in [-0.25, -0.2) is 9.59 Å². The van der Waals surface area contributed by atoms with E-state index < -0.39 is 17.8 Å². The minimum atomic E-state index is -1.69. The monoisotopic (exact) mass is 131 g/mol. The fraction of sp³-hybridized carbons (Fsp3) is 0. The summed E-state index contributed by atoms with van der Waals surface area (Å²) in [6, 6.07) is 0. The van der Waals surface area contributed by atoms with Crippen molar-refractivity contribution >= 4 is 12.1 Å². The average Bonchev–Trinajstić information content (AvgIpc) is 1.63. The fourth-order valence-corrected chi connectivity index (χ4v) is 0.145. The van der Waals surface area contributed by atoms with Gasteiger partial charge in [-0.2, -0.15) is 0 Å². The fourth-order valence-electron chi connectivity index (χ4n) is 0.145. The molecule has 0 aromatic rings. The molecule has 0 atom stereocenters. The first-order valence-electron chi connectivity index (χ1n) is 1.93. The lowest BCUT2D eigenvalue weighted by atomic mass is 10.5. The summed E-state index contributed by atoms with van der Waals surface area (Å²) in [4.78, 5) is 19.7. The lowest BCUT2D eigenvalue weighted by Crippen LogP contribution is -2.16. The molecular formula is C4H5NO4. The van der Waals surface area contributed by atoms with Crippen LogP contribution < -0.4 is 5.73 Å². The van der Waals surface area contributed by atoms with E-state index in [9.17, 15) is 9.59 Å². The van der Waals surface area contributed by atoms with E-state index in [-0.39, 0.29) is 0 Å². The number of ether oxygens (including phenoxy) is 1. The highest BCUT2D eigenvalue weighted by Gasteiger charge is 2.07. The van der Waals surface area contributed by atoms with E-state index in [0.717, 1.165) is 0 Å². The van der Waals surface area contributed by atoms with Crippen LogP contribution in [0.5, 0.6) is 0 Å². The lowest BCUT2D eigenvalue weighted by molar-refractivity contribution is -0.134. The molecule has 0 aliphatic carbocycles. The van der Waals surface area contributed by atoms with Crippen LogP contribution in [0, 0.1) is 0 Å². The van der Waals surface area contributed by atoms with Gasteiger partial charge in [0.15, 0.2) is 0 Å². The Kier molecular flexibility index (Phi) is 2.25. The molecule has 0 unspecified atom stereocenters. The van der Waals surface area contributed by atoms with Gasteiger partial charge in [-0.05, 0) is 0 Å². The van der Waals surface area contributed by atoms with Crippen molar-refractivity contribution in [3.05, 3.63) is 12.3 Å². The van der Waals surface area contributed by atoms with Gasteiger partial charge in [0, 0.05) is 0 Å². The Morgan fingerprint density at radius 1 is 1.56 bits per heavy atom. The highest BCUT2D eigenvalue weighted by molar-refractivity contribution is 5.92. The maximum absolute atomic E-state index is 10.1. The Labute approximate surface area is 50.7 Å². The van der Waals surface area contributed by atoms with Gasteiger partial charge in [0.2, 0.25) is 0 Å². The second kappa shape index (κ2) is 2.71. The van der Waals surface area contributed by atoms with Crippen molar-refractivity contribution in [1.29, 1.82) is 0 Å². The molecule has 0 bridgehead atoms. The van der Waals surface area contributed by atoms with Crippen molar-refractivity contribution in [2.75, 3.05) is 0 Å². The molecule has 0 spiro atoms. The minimum Gasteiger partial charge on any atom is -0.449 e. The SMILES string of the molecule is C=C(N)C(=O)OC(=O)O. The molecular weight excluding hydrogens is 126 g/mol. The number of carbonyl (C=O) groups excluding carboxylic acids is 1. The van der Waals surface area contributed by atoms with Gasteiger partial charge in [-0.1, -0.05) is 6.58 Å². The van der Waals surface area contributed by atoms with Crippen LogP contribution in [0.25, 0.3) is 0 Å². The maximum atomic E-state index is 10.1. The smallest absolute Gasteiger partial charge is 0.449 e. The highest BCUT2D eigenvalue weighted by Crippen LogP contribution is 1.84.